The van der Waals surface area contributed by atoms with Crippen LogP contribution in [0, 0.1) is 5.82 Å². The van der Waals surface area contributed by atoms with E-state index in [4.69, 9.17) is 9.47 Å². The molecule has 2 N–H and O–H groups in total. The molecule has 31 heavy (non-hydrogen) atoms. The van der Waals surface area contributed by atoms with Crippen LogP contribution in [0.15, 0.2) is 18.2 Å². The maximum atomic E-state index is 15.3. The number of ether oxygens (including phenoxy) is 2. The Bertz CT molecular complexity index is 864. The minimum absolute atomic E-state index is 0.184. The number of halogens is 1. The fourth-order valence-corrected chi connectivity index (χ4v) is 3.75. The lowest BCUT2D eigenvalue weighted by molar-refractivity contribution is -0.119. The molecule has 2 aliphatic rings. The smallest absolute Gasteiger partial charge is 0.442 e. The Kier molecular flexibility index (Phi) is 6.51. The van der Waals surface area contributed by atoms with Crippen molar-refractivity contribution >= 4 is 29.5 Å². The summed E-state index contributed by atoms with van der Waals surface area (Å²) < 4.78 is 25.9. The van der Waals surface area contributed by atoms with Gasteiger partial charge < -0.3 is 20.1 Å². The van der Waals surface area contributed by atoms with Crippen LogP contribution in [-0.4, -0.2) is 69.1 Å². The van der Waals surface area contributed by atoms with Crippen LogP contribution in [0.1, 0.15) is 27.7 Å². The molecule has 2 saturated heterocycles. The maximum absolute atomic E-state index is 15.3. The summed E-state index contributed by atoms with van der Waals surface area (Å²) in [6.45, 7) is 8.89. The van der Waals surface area contributed by atoms with Gasteiger partial charge in [0.25, 0.3) is 0 Å². The Hall–Kier alpha value is -2.72. The quantitative estimate of drug-likeness (QED) is 0.701. The van der Waals surface area contributed by atoms with Crippen molar-refractivity contribution < 1.29 is 28.2 Å². The number of amides is 3. The van der Waals surface area contributed by atoms with Gasteiger partial charge in [-0.1, -0.05) is 0 Å². The van der Waals surface area contributed by atoms with Gasteiger partial charge in [0.05, 0.1) is 18.8 Å². The summed E-state index contributed by atoms with van der Waals surface area (Å²) in [6.07, 6.45) is -1.63. The highest BCUT2D eigenvalue weighted by molar-refractivity contribution is 5.91. The van der Waals surface area contributed by atoms with Crippen LogP contribution in [0.2, 0.25) is 0 Å². The topological polar surface area (TPSA) is 97.0 Å². The third-order valence-corrected chi connectivity index (χ3v) is 5.24. The molecule has 0 radical (unpaired) electrons. The van der Waals surface area contributed by atoms with Gasteiger partial charge in [-0.3, -0.25) is 9.69 Å². The van der Waals surface area contributed by atoms with Crippen molar-refractivity contribution in [3.05, 3.63) is 24.0 Å². The first-order chi connectivity index (χ1) is 14.5. The van der Waals surface area contributed by atoms with E-state index in [0.29, 0.717) is 31.9 Å². The van der Waals surface area contributed by atoms with Gasteiger partial charge in [0.15, 0.2) is 11.5 Å². The van der Waals surface area contributed by atoms with Crippen LogP contribution in [0.4, 0.5) is 25.4 Å². The van der Waals surface area contributed by atoms with E-state index in [-0.39, 0.29) is 29.2 Å². The number of piperazine rings is 1. The zero-order chi connectivity index (χ0) is 22.8. The zero-order valence-electron chi connectivity index (χ0n) is 18.4. The van der Waals surface area contributed by atoms with Crippen LogP contribution in [0.5, 0.6) is 0 Å². The standard InChI is InChI=1S/C21H29FN4O5/c1-14(27)24-12-16-13-25(19(28)30-16)15-5-6-18(17(22)11-15)26(9-7-23-8-10-26)20(29)31-21(2,3)4/h5-6,11,16,23H,7-10,12-13H2,1-4H3/p+1. The first-order valence-corrected chi connectivity index (χ1v) is 10.4. The first kappa shape index (κ1) is 23.0. The Morgan fingerprint density at radius 1 is 1.32 bits per heavy atom. The highest BCUT2D eigenvalue weighted by Crippen LogP contribution is 2.33. The third-order valence-electron chi connectivity index (χ3n) is 5.24. The predicted octanol–water partition coefficient (Wildman–Crippen LogP) is 2.13. The van der Waals surface area contributed by atoms with Gasteiger partial charge in [-0.15, -0.1) is 0 Å². The zero-order valence-corrected chi connectivity index (χ0v) is 18.4. The number of carbonyl (C=O) groups excluding carboxylic acids is 3. The minimum atomic E-state index is -0.703. The van der Waals surface area contributed by atoms with E-state index < -0.39 is 29.7 Å². The summed E-state index contributed by atoms with van der Waals surface area (Å²) in [4.78, 5) is 37.7. The number of anilines is 1. The van der Waals surface area contributed by atoms with Crippen molar-refractivity contribution in [3.63, 3.8) is 0 Å². The lowest BCUT2D eigenvalue weighted by Crippen LogP contribution is -2.64. The number of benzene rings is 1. The summed E-state index contributed by atoms with van der Waals surface area (Å²) in [5.41, 5.74) is -0.165. The SMILES string of the molecule is CC(=O)NCC1CN(c2ccc([N+]3(C(=O)OC(C)(C)C)CCNCC3)c(F)c2)C(=O)O1. The van der Waals surface area contributed by atoms with E-state index in [2.05, 4.69) is 10.6 Å². The molecular weight excluding hydrogens is 407 g/mol. The second-order valence-corrected chi connectivity index (χ2v) is 8.83. The van der Waals surface area contributed by atoms with Crippen LogP contribution < -0.4 is 20.0 Å². The van der Waals surface area contributed by atoms with Crippen LogP contribution in [-0.2, 0) is 14.3 Å². The van der Waals surface area contributed by atoms with Gasteiger partial charge in [-0.05, 0) is 26.8 Å². The number of nitrogens with zero attached hydrogens (tertiary/aromatic N) is 2. The third kappa shape index (κ3) is 5.13. The number of rotatable bonds is 4. The normalized spacial score (nSPS) is 20.9. The molecule has 10 heteroatoms. The second-order valence-electron chi connectivity index (χ2n) is 8.83. The van der Waals surface area contributed by atoms with E-state index in [1.54, 1.807) is 26.8 Å². The van der Waals surface area contributed by atoms with E-state index >= 15 is 4.39 Å². The van der Waals surface area contributed by atoms with Crippen LogP contribution in [0.25, 0.3) is 0 Å². The Balaban J connectivity index is 1.85. The molecule has 1 atom stereocenters. The van der Waals surface area contributed by atoms with Crippen LogP contribution >= 0.6 is 0 Å². The molecule has 1 aromatic carbocycles. The van der Waals surface area contributed by atoms with Crippen molar-refractivity contribution in [2.45, 2.75) is 39.4 Å². The molecule has 3 rings (SSSR count). The number of quaternary nitrogens is 1. The highest BCUT2D eigenvalue weighted by Gasteiger charge is 2.46. The Morgan fingerprint density at radius 3 is 2.58 bits per heavy atom. The van der Waals surface area contributed by atoms with E-state index in [0.717, 1.165) is 0 Å². The van der Waals surface area contributed by atoms with Crippen molar-refractivity contribution in [3.8, 4) is 0 Å². The fourth-order valence-electron chi connectivity index (χ4n) is 3.75. The predicted molar refractivity (Wildman–Crippen MR) is 113 cm³/mol. The van der Waals surface area contributed by atoms with Crippen molar-refractivity contribution in [2.24, 2.45) is 0 Å². The molecule has 1 unspecified atom stereocenters. The monoisotopic (exact) mass is 437 g/mol. The largest absolute Gasteiger partial charge is 0.521 e. The first-order valence-electron chi connectivity index (χ1n) is 10.4. The lowest BCUT2D eigenvalue weighted by atomic mass is 10.1. The second kappa shape index (κ2) is 8.80. The molecule has 0 aliphatic carbocycles. The lowest BCUT2D eigenvalue weighted by Gasteiger charge is -2.38. The molecule has 0 spiro atoms. The number of hydrogen-bond acceptors (Lipinski definition) is 6. The number of carbonyl (C=O) groups is 3. The van der Waals surface area contributed by atoms with Gasteiger partial charge in [-0.2, -0.15) is 9.28 Å². The molecule has 0 bridgehead atoms. The molecule has 1 aromatic rings. The molecule has 2 fully saturated rings. The summed E-state index contributed by atoms with van der Waals surface area (Å²) in [5.74, 6) is -0.819. The van der Waals surface area contributed by atoms with E-state index in [9.17, 15) is 14.4 Å². The number of nitrogens with one attached hydrogen (secondary N) is 2. The summed E-state index contributed by atoms with van der Waals surface area (Å²) in [6, 6.07) is 4.38. The van der Waals surface area contributed by atoms with Gasteiger partial charge in [0.1, 0.15) is 24.8 Å². The molecule has 0 aromatic heterocycles. The van der Waals surface area contributed by atoms with Gasteiger partial charge in [0.2, 0.25) is 5.91 Å². The van der Waals surface area contributed by atoms with Crippen molar-refractivity contribution in [1.29, 1.82) is 0 Å². The molecule has 9 nitrogen and oxygen atoms in total. The van der Waals surface area contributed by atoms with Gasteiger partial charge in [-0.25, -0.2) is 9.18 Å². The molecule has 2 heterocycles. The summed E-state index contributed by atoms with van der Waals surface area (Å²) >= 11 is 0. The molecule has 170 valence electrons. The highest BCUT2D eigenvalue weighted by atomic mass is 19.1. The summed E-state index contributed by atoms with van der Waals surface area (Å²) in [7, 11) is 0. The molecule has 2 aliphatic heterocycles. The Morgan fingerprint density at radius 2 is 2.00 bits per heavy atom. The fraction of sp³-hybridized carbons (Fsp3) is 0.571. The summed E-state index contributed by atoms with van der Waals surface area (Å²) in [5, 5.41) is 5.79. The number of cyclic esters (lactones) is 1. The minimum Gasteiger partial charge on any atom is -0.442 e. The Labute approximate surface area is 181 Å². The van der Waals surface area contributed by atoms with E-state index in [1.165, 1.54) is 24.0 Å². The van der Waals surface area contributed by atoms with Crippen LogP contribution in [0.3, 0.4) is 0 Å². The van der Waals surface area contributed by atoms with Crippen molar-refractivity contribution in [2.75, 3.05) is 44.2 Å². The number of hydrogen-bond donors (Lipinski definition) is 2. The van der Waals surface area contributed by atoms with Crippen molar-refractivity contribution in [1.82, 2.24) is 15.1 Å². The molecule has 0 saturated carbocycles. The molecule has 3 amide bonds. The van der Waals surface area contributed by atoms with Gasteiger partial charge in [0, 0.05) is 32.1 Å². The average molecular weight is 437 g/mol. The molecular formula is C21H30FN4O5+. The average Bonchev–Trinajstić information content (AvgIpc) is 3.06. The van der Waals surface area contributed by atoms with E-state index in [1.807, 2.05) is 0 Å². The maximum Gasteiger partial charge on any atom is 0.521 e. The van der Waals surface area contributed by atoms with Gasteiger partial charge >= 0.3 is 12.2 Å².